The average Bonchev–Trinajstić information content (AvgIpc) is 2.84. The smallest absolute Gasteiger partial charge is 0.232 e. The third kappa shape index (κ3) is 7.72. The second kappa shape index (κ2) is 11.3. The van der Waals surface area contributed by atoms with Gasteiger partial charge in [0.1, 0.15) is 12.4 Å². The molecular formula is C25H37ClN6O3. The standard InChI is InChI=1S/C25H37ClN6O3/c1-24(2,33)15-30-17-3-5-18(6-4-17)31-22-11-19(20(26)12-29-22)21-13-28-14-23(32-21)35-16-25(27)7-9-34-10-8-25/h11-14,17-18,30,33H,3-10,15-16,27H2,1-2H3,(H,29,31). The molecule has 192 valence electrons. The van der Waals surface area contributed by atoms with E-state index < -0.39 is 11.1 Å². The highest BCUT2D eigenvalue weighted by Crippen LogP contribution is 2.30. The number of hydrogen-bond donors (Lipinski definition) is 4. The van der Waals surface area contributed by atoms with Gasteiger partial charge in [0, 0.05) is 43.6 Å². The number of aromatic nitrogens is 3. The van der Waals surface area contributed by atoms with Crippen molar-refractivity contribution < 1.29 is 14.6 Å². The summed E-state index contributed by atoms with van der Waals surface area (Å²) in [5.41, 5.74) is 6.69. The van der Waals surface area contributed by atoms with E-state index >= 15 is 0 Å². The Morgan fingerprint density at radius 2 is 1.89 bits per heavy atom. The normalized spacial score (nSPS) is 22.5. The summed E-state index contributed by atoms with van der Waals surface area (Å²) in [4.78, 5) is 13.4. The third-order valence-electron chi connectivity index (χ3n) is 6.64. The van der Waals surface area contributed by atoms with E-state index in [-0.39, 0.29) is 0 Å². The van der Waals surface area contributed by atoms with E-state index in [2.05, 4.69) is 25.6 Å². The molecule has 3 heterocycles. The van der Waals surface area contributed by atoms with Gasteiger partial charge in [0.15, 0.2) is 0 Å². The first kappa shape index (κ1) is 26.0. The molecule has 4 rings (SSSR count). The molecule has 2 fully saturated rings. The summed E-state index contributed by atoms with van der Waals surface area (Å²) in [5.74, 6) is 1.17. The maximum Gasteiger partial charge on any atom is 0.232 e. The fourth-order valence-electron chi connectivity index (χ4n) is 4.45. The second-order valence-electron chi connectivity index (χ2n) is 10.4. The molecule has 1 saturated heterocycles. The Balaban J connectivity index is 1.36. The lowest BCUT2D eigenvalue weighted by atomic mass is 9.90. The van der Waals surface area contributed by atoms with Gasteiger partial charge in [-0.05, 0) is 58.4 Å². The predicted octanol–water partition coefficient (Wildman–Crippen LogP) is 3.16. The summed E-state index contributed by atoms with van der Waals surface area (Å²) in [6.07, 6.45) is 10.6. The molecular weight excluding hydrogens is 468 g/mol. The van der Waals surface area contributed by atoms with Crippen LogP contribution in [0.2, 0.25) is 5.02 Å². The molecule has 2 aromatic heterocycles. The summed E-state index contributed by atoms with van der Waals surface area (Å²) in [5, 5.41) is 17.5. The number of hydrogen-bond acceptors (Lipinski definition) is 9. The molecule has 1 aliphatic carbocycles. The van der Waals surface area contributed by atoms with Crippen molar-refractivity contribution in [1.29, 1.82) is 0 Å². The molecule has 0 atom stereocenters. The minimum absolute atomic E-state index is 0.331. The van der Waals surface area contributed by atoms with Crippen LogP contribution < -0.4 is 21.1 Å². The molecule has 0 unspecified atom stereocenters. The highest BCUT2D eigenvalue weighted by atomic mass is 35.5. The number of nitrogens with two attached hydrogens (primary N) is 1. The maximum atomic E-state index is 9.93. The monoisotopic (exact) mass is 504 g/mol. The van der Waals surface area contributed by atoms with Crippen LogP contribution in [0.3, 0.4) is 0 Å². The van der Waals surface area contributed by atoms with Crippen LogP contribution in [0.4, 0.5) is 5.82 Å². The lowest BCUT2D eigenvalue weighted by Gasteiger charge is -2.32. The van der Waals surface area contributed by atoms with Crippen molar-refractivity contribution in [2.24, 2.45) is 5.73 Å². The summed E-state index contributed by atoms with van der Waals surface area (Å²) in [7, 11) is 0. The largest absolute Gasteiger partial charge is 0.475 e. The van der Waals surface area contributed by atoms with Gasteiger partial charge < -0.3 is 30.9 Å². The van der Waals surface area contributed by atoms with Gasteiger partial charge in [-0.15, -0.1) is 0 Å². The van der Waals surface area contributed by atoms with Crippen molar-refractivity contribution >= 4 is 17.4 Å². The average molecular weight is 505 g/mol. The molecule has 2 aromatic rings. The zero-order chi connectivity index (χ0) is 24.9. The van der Waals surface area contributed by atoms with E-state index in [1.165, 1.54) is 0 Å². The van der Waals surface area contributed by atoms with E-state index in [0.29, 0.717) is 55.0 Å². The second-order valence-corrected chi connectivity index (χ2v) is 10.8. The van der Waals surface area contributed by atoms with Crippen molar-refractivity contribution in [3.8, 4) is 17.1 Å². The van der Waals surface area contributed by atoms with Gasteiger partial charge >= 0.3 is 0 Å². The number of anilines is 1. The SMILES string of the molecule is CC(C)(O)CNC1CCC(Nc2cc(-c3cncc(OCC4(N)CCOCC4)n3)c(Cl)cn2)CC1. The van der Waals surface area contributed by atoms with Crippen LogP contribution in [0.1, 0.15) is 52.4 Å². The minimum Gasteiger partial charge on any atom is -0.475 e. The van der Waals surface area contributed by atoms with Crippen molar-refractivity contribution in [2.45, 2.75) is 75.6 Å². The zero-order valence-corrected chi connectivity index (χ0v) is 21.4. The first-order valence-electron chi connectivity index (χ1n) is 12.4. The van der Waals surface area contributed by atoms with Crippen LogP contribution in [0.5, 0.6) is 5.88 Å². The van der Waals surface area contributed by atoms with Crippen LogP contribution >= 0.6 is 11.6 Å². The molecule has 0 radical (unpaired) electrons. The van der Waals surface area contributed by atoms with Crippen molar-refractivity contribution in [1.82, 2.24) is 20.3 Å². The summed E-state index contributed by atoms with van der Waals surface area (Å²) >= 11 is 6.48. The van der Waals surface area contributed by atoms with Crippen LogP contribution in [0.15, 0.2) is 24.7 Å². The fraction of sp³-hybridized carbons (Fsp3) is 0.640. The maximum absolute atomic E-state index is 9.93. The highest BCUT2D eigenvalue weighted by Gasteiger charge is 2.29. The van der Waals surface area contributed by atoms with Gasteiger partial charge in [0.2, 0.25) is 5.88 Å². The molecule has 0 bridgehead atoms. The molecule has 1 aliphatic heterocycles. The minimum atomic E-state index is -0.694. The van der Waals surface area contributed by atoms with Crippen molar-refractivity contribution in [3.63, 3.8) is 0 Å². The molecule has 0 amide bonds. The van der Waals surface area contributed by atoms with Gasteiger partial charge in [-0.1, -0.05) is 11.6 Å². The number of ether oxygens (including phenoxy) is 2. The fourth-order valence-corrected chi connectivity index (χ4v) is 4.65. The number of pyridine rings is 1. The number of halogens is 1. The summed E-state index contributed by atoms with van der Waals surface area (Å²) in [6, 6.07) is 2.68. The van der Waals surface area contributed by atoms with Gasteiger partial charge in [-0.25, -0.2) is 9.97 Å². The lowest BCUT2D eigenvalue weighted by Crippen LogP contribution is -2.49. The van der Waals surface area contributed by atoms with Gasteiger partial charge in [-0.3, -0.25) is 4.98 Å². The Bertz CT molecular complexity index is 972. The third-order valence-corrected chi connectivity index (χ3v) is 6.94. The van der Waals surface area contributed by atoms with E-state index in [9.17, 15) is 5.11 Å². The van der Waals surface area contributed by atoms with Gasteiger partial charge in [0.25, 0.3) is 0 Å². The Labute approximate surface area is 212 Å². The van der Waals surface area contributed by atoms with Crippen LogP contribution in [0.25, 0.3) is 11.3 Å². The Morgan fingerprint density at radius 1 is 1.17 bits per heavy atom. The summed E-state index contributed by atoms with van der Waals surface area (Å²) < 4.78 is 11.3. The lowest BCUT2D eigenvalue weighted by molar-refractivity contribution is 0.0335. The number of aliphatic hydroxyl groups is 1. The molecule has 2 aliphatic rings. The molecule has 0 spiro atoms. The van der Waals surface area contributed by atoms with E-state index in [4.69, 9.17) is 26.8 Å². The van der Waals surface area contributed by atoms with E-state index in [0.717, 1.165) is 49.9 Å². The first-order valence-corrected chi connectivity index (χ1v) is 12.8. The molecule has 5 N–H and O–H groups in total. The number of nitrogens with zero attached hydrogens (tertiary/aromatic N) is 3. The van der Waals surface area contributed by atoms with Gasteiger partial charge in [-0.2, -0.15) is 0 Å². The predicted molar refractivity (Wildman–Crippen MR) is 137 cm³/mol. The Morgan fingerprint density at radius 3 is 2.60 bits per heavy atom. The first-order chi connectivity index (χ1) is 16.7. The topological polar surface area (TPSA) is 127 Å². The zero-order valence-electron chi connectivity index (χ0n) is 20.6. The molecule has 0 aromatic carbocycles. The quantitative estimate of drug-likeness (QED) is 0.407. The highest BCUT2D eigenvalue weighted by molar-refractivity contribution is 6.33. The number of nitrogens with one attached hydrogen (secondary N) is 2. The van der Waals surface area contributed by atoms with Crippen LogP contribution in [-0.4, -0.2) is 69.6 Å². The molecule has 10 heteroatoms. The van der Waals surface area contributed by atoms with Crippen LogP contribution in [0, 0.1) is 0 Å². The van der Waals surface area contributed by atoms with Crippen molar-refractivity contribution in [3.05, 3.63) is 29.7 Å². The number of rotatable bonds is 9. The van der Waals surface area contributed by atoms with Gasteiger partial charge in [0.05, 0.1) is 34.3 Å². The summed E-state index contributed by atoms with van der Waals surface area (Å²) in [6.45, 7) is 5.90. The Hall–Kier alpha value is -2.04. The molecule has 9 nitrogen and oxygen atoms in total. The van der Waals surface area contributed by atoms with Crippen molar-refractivity contribution in [2.75, 3.05) is 31.7 Å². The molecule has 1 saturated carbocycles. The van der Waals surface area contributed by atoms with E-state index in [1.54, 1.807) is 18.6 Å². The van der Waals surface area contributed by atoms with E-state index in [1.807, 2.05) is 19.9 Å². The van der Waals surface area contributed by atoms with Crippen LogP contribution in [-0.2, 0) is 4.74 Å². The molecule has 35 heavy (non-hydrogen) atoms. The Kier molecular flexibility index (Phi) is 8.44.